The minimum Gasteiger partial charge on any atom is -0.291 e. The molecule has 1 unspecified atom stereocenters. The van der Waals surface area contributed by atoms with E-state index < -0.39 is 0 Å². The molecule has 0 saturated heterocycles. The molecule has 4 aliphatic carbocycles. The van der Waals surface area contributed by atoms with Crippen molar-refractivity contribution in [3.05, 3.63) is 0 Å². The van der Waals surface area contributed by atoms with Gasteiger partial charge in [-0.2, -0.15) is 5.26 Å². The van der Waals surface area contributed by atoms with Crippen molar-refractivity contribution in [2.45, 2.75) is 44.6 Å². The summed E-state index contributed by atoms with van der Waals surface area (Å²) in [5, 5.41) is 12.7. The predicted octanol–water partition coefficient (Wildman–Crippen LogP) is 2.32. The zero-order valence-corrected chi connectivity index (χ0v) is 10.3. The summed E-state index contributed by atoms with van der Waals surface area (Å²) in [4.78, 5) is 0. The van der Waals surface area contributed by atoms with Crippen LogP contribution in [-0.4, -0.2) is 12.6 Å². The van der Waals surface area contributed by atoms with Gasteiger partial charge in [-0.25, -0.2) is 0 Å². The number of nitriles is 1. The zero-order valence-electron chi connectivity index (χ0n) is 10.3. The van der Waals surface area contributed by atoms with Crippen molar-refractivity contribution in [3.8, 4) is 18.4 Å². The van der Waals surface area contributed by atoms with Gasteiger partial charge in [-0.05, 0) is 61.7 Å². The number of hydrogen-bond donors (Lipinski definition) is 1. The van der Waals surface area contributed by atoms with Crippen LogP contribution in [0.4, 0.5) is 0 Å². The fourth-order valence-electron chi connectivity index (χ4n) is 5.09. The van der Waals surface area contributed by atoms with Gasteiger partial charge in [-0.15, -0.1) is 6.42 Å². The summed E-state index contributed by atoms with van der Waals surface area (Å²) in [7, 11) is 0. The van der Waals surface area contributed by atoms with E-state index in [1.807, 2.05) is 0 Å². The summed E-state index contributed by atoms with van der Waals surface area (Å²) in [5.74, 6) is 5.28. The molecule has 0 aromatic heterocycles. The van der Waals surface area contributed by atoms with E-state index in [1.165, 1.54) is 38.5 Å². The molecule has 2 nitrogen and oxygen atoms in total. The SMILES string of the molecule is C#CCNC(C#N)C12CC3CC(CC(C3)C1)C2. The molecule has 2 heteroatoms. The van der Waals surface area contributed by atoms with E-state index in [2.05, 4.69) is 17.3 Å². The van der Waals surface area contributed by atoms with E-state index in [4.69, 9.17) is 6.42 Å². The number of hydrogen-bond acceptors (Lipinski definition) is 2. The summed E-state index contributed by atoms with van der Waals surface area (Å²) in [6, 6.07) is 2.47. The van der Waals surface area contributed by atoms with Crippen LogP contribution in [-0.2, 0) is 0 Å². The highest BCUT2D eigenvalue weighted by Crippen LogP contribution is 2.61. The zero-order chi connectivity index (χ0) is 11.9. The first-order chi connectivity index (χ1) is 8.25. The van der Waals surface area contributed by atoms with Gasteiger partial charge < -0.3 is 0 Å². The number of nitrogens with one attached hydrogen (secondary N) is 1. The Bertz CT molecular complexity index is 349. The highest BCUT2D eigenvalue weighted by molar-refractivity contribution is 5.13. The van der Waals surface area contributed by atoms with Crippen molar-refractivity contribution in [1.82, 2.24) is 5.32 Å². The third-order valence-corrected chi connectivity index (χ3v) is 5.24. The molecule has 17 heavy (non-hydrogen) atoms. The van der Waals surface area contributed by atoms with Crippen LogP contribution in [0.15, 0.2) is 0 Å². The first kappa shape index (κ1) is 11.1. The van der Waals surface area contributed by atoms with Gasteiger partial charge in [0, 0.05) is 0 Å². The van der Waals surface area contributed by atoms with Crippen LogP contribution in [0.2, 0.25) is 0 Å². The van der Waals surface area contributed by atoms with E-state index in [1.54, 1.807) is 0 Å². The summed E-state index contributed by atoms with van der Waals surface area (Å²) >= 11 is 0. The molecule has 0 aromatic carbocycles. The predicted molar refractivity (Wildman–Crippen MR) is 66.8 cm³/mol. The van der Waals surface area contributed by atoms with Crippen molar-refractivity contribution in [1.29, 1.82) is 5.26 Å². The normalized spacial score (nSPS) is 44.0. The first-order valence-electron chi connectivity index (χ1n) is 6.82. The second-order valence-electron chi connectivity index (χ2n) is 6.43. The van der Waals surface area contributed by atoms with Gasteiger partial charge in [0.25, 0.3) is 0 Å². The fourth-order valence-corrected chi connectivity index (χ4v) is 5.09. The van der Waals surface area contributed by atoms with Gasteiger partial charge >= 0.3 is 0 Å². The van der Waals surface area contributed by atoms with Crippen molar-refractivity contribution in [2.75, 3.05) is 6.54 Å². The molecule has 4 saturated carbocycles. The third kappa shape index (κ3) is 1.76. The Balaban J connectivity index is 1.81. The number of rotatable bonds is 3. The maximum absolute atomic E-state index is 9.43. The standard InChI is InChI=1S/C15H20N2/c1-2-3-17-14(10-16)15-7-11-4-12(8-15)6-13(5-11)9-15/h1,11-14,17H,3-9H2. The molecule has 0 aromatic rings. The average molecular weight is 228 g/mol. The Morgan fingerprint density at radius 1 is 1.18 bits per heavy atom. The van der Waals surface area contributed by atoms with Crippen LogP contribution < -0.4 is 5.32 Å². The quantitative estimate of drug-likeness (QED) is 0.752. The van der Waals surface area contributed by atoms with E-state index in [0.29, 0.717) is 6.54 Å². The van der Waals surface area contributed by atoms with Crippen LogP contribution in [0.1, 0.15) is 38.5 Å². The number of terminal acetylenes is 1. The molecule has 90 valence electrons. The molecular weight excluding hydrogens is 208 g/mol. The molecule has 0 spiro atoms. The minimum atomic E-state index is -0.0213. The molecule has 4 bridgehead atoms. The Kier molecular flexibility index (Phi) is 2.64. The van der Waals surface area contributed by atoms with Gasteiger partial charge in [0.2, 0.25) is 0 Å². The maximum atomic E-state index is 9.43. The average Bonchev–Trinajstić information content (AvgIpc) is 2.27. The fraction of sp³-hybridized carbons (Fsp3) is 0.800. The largest absolute Gasteiger partial charge is 0.291 e. The first-order valence-corrected chi connectivity index (χ1v) is 6.82. The van der Waals surface area contributed by atoms with Gasteiger partial charge in [0.15, 0.2) is 0 Å². The van der Waals surface area contributed by atoms with E-state index in [-0.39, 0.29) is 11.5 Å². The highest BCUT2D eigenvalue weighted by atomic mass is 14.9. The van der Waals surface area contributed by atoms with E-state index >= 15 is 0 Å². The van der Waals surface area contributed by atoms with Crippen LogP contribution in [0.25, 0.3) is 0 Å². The van der Waals surface area contributed by atoms with E-state index in [0.717, 1.165) is 17.8 Å². The molecule has 0 radical (unpaired) electrons. The van der Waals surface area contributed by atoms with Crippen molar-refractivity contribution in [3.63, 3.8) is 0 Å². The molecule has 4 aliphatic rings. The van der Waals surface area contributed by atoms with E-state index in [9.17, 15) is 5.26 Å². The lowest BCUT2D eigenvalue weighted by atomic mass is 9.48. The van der Waals surface area contributed by atoms with Crippen LogP contribution in [0, 0.1) is 46.8 Å². The number of nitrogens with zero attached hydrogens (tertiary/aromatic N) is 1. The molecule has 1 atom stereocenters. The molecule has 4 rings (SSSR count). The van der Waals surface area contributed by atoms with Crippen molar-refractivity contribution >= 4 is 0 Å². The van der Waals surface area contributed by atoms with Crippen molar-refractivity contribution in [2.24, 2.45) is 23.2 Å². The molecule has 4 fully saturated rings. The Morgan fingerprint density at radius 2 is 1.71 bits per heavy atom. The van der Waals surface area contributed by atoms with Crippen LogP contribution in [0.3, 0.4) is 0 Å². The van der Waals surface area contributed by atoms with Crippen molar-refractivity contribution < 1.29 is 0 Å². The molecule has 0 heterocycles. The Labute approximate surface area is 104 Å². The maximum Gasteiger partial charge on any atom is 0.102 e. The lowest BCUT2D eigenvalue weighted by Gasteiger charge is -2.58. The summed E-state index contributed by atoms with van der Waals surface area (Å²) < 4.78 is 0. The molecule has 0 aliphatic heterocycles. The van der Waals surface area contributed by atoms with Gasteiger partial charge in [-0.1, -0.05) is 5.92 Å². The van der Waals surface area contributed by atoms with Gasteiger partial charge in [0.1, 0.15) is 6.04 Å². The van der Waals surface area contributed by atoms with Gasteiger partial charge in [0.05, 0.1) is 12.6 Å². The molecule has 0 amide bonds. The Morgan fingerprint density at radius 3 is 2.12 bits per heavy atom. The minimum absolute atomic E-state index is 0.0213. The smallest absolute Gasteiger partial charge is 0.102 e. The highest BCUT2D eigenvalue weighted by Gasteiger charge is 2.54. The topological polar surface area (TPSA) is 35.8 Å². The molecule has 1 N–H and O–H groups in total. The lowest BCUT2D eigenvalue weighted by Crippen LogP contribution is -2.55. The van der Waals surface area contributed by atoms with Crippen LogP contribution in [0.5, 0.6) is 0 Å². The summed E-state index contributed by atoms with van der Waals surface area (Å²) in [6.45, 7) is 0.528. The van der Waals surface area contributed by atoms with Gasteiger partial charge in [-0.3, -0.25) is 5.32 Å². The second-order valence-corrected chi connectivity index (χ2v) is 6.43. The monoisotopic (exact) mass is 228 g/mol. The summed E-state index contributed by atoms with van der Waals surface area (Å²) in [6.07, 6.45) is 13.3. The lowest BCUT2D eigenvalue weighted by molar-refractivity contribution is -0.0631. The second kappa shape index (κ2) is 4.04. The Hall–Kier alpha value is -0.990. The molecular formula is C15H20N2. The van der Waals surface area contributed by atoms with Crippen LogP contribution >= 0.6 is 0 Å². The summed E-state index contributed by atoms with van der Waals surface area (Å²) in [5.41, 5.74) is 0.250. The third-order valence-electron chi connectivity index (χ3n) is 5.24.